The van der Waals surface area contributed by atoms with Crippen LogP contribution in [0.2, 0.25) is 0 Å². The maximum atomic E-state index is 5.44. The fraction of sp³-hybridized carbons (Fsp3) is 0.778. The Morgan fingerprint density at radius 3 is 2.20 bits per heavy atom. The Hall–Kier alpha value is -0.300. The summed E-state index contributed by atoms with van der Waals surface area (Å²) in [4.78, 5) is 0. The van der Waals surface area contributed by atoms with Gasteiger partial charge in [0.05, 0.1) is 12.2 Å². The van der Waals surface area contributed by atoms with Crippen LogP contribution in [0.3, 0.4) is 0 Å². The van der Waals surface area contributed by atoms with E-state index in [0.717, 1.165) is 13.0 Å². The molecule has 0 atom stereocenters. The van der Waals surface area contributed by atoms with E-state index >= 15 is 0 Å². The molecule has 1 heteroatoms. The molecule has 0 aliphatic carbocycles. The van der Waals surface area contributed by atoms with Crippen molar-refractivity contribution in [2.45, 2.75) is 39.7 Å². The third kappa shape index (κ3) is 7.70. The standard InChI is InChI=1S/C9H18O/c1-5-6-7-8-10-9(2,3)4/h6-7H,5,8H2,1-4H3. The first-order valence-corrected chi connectivity index (χ1v) is 3.85. The van der Waals surface area contributed by atoms with E-state index in [4.69, 9.17) is 4.74 Å². The van der Waals surface area contributed by atoms with Crippen molar-refractivity contribution < 1.29 is 4.74 Å². The summed E-state index contributed by atoms with van der Waals surface area (Å²) in [6.07, 6.45) is 5.27. The molecule has 0 radical (unpaired) electrons. The van der Waals surface area contributed by atoms with E-state index < -0.39 is 0 Å². The summed E-state index contributed by atoms with van der Waals surface area (Å²) in [5.41, 5.74) is -0.00190. The highest BCUT2D eigenvalue weighted by molar-refractivity contribution is 4.80. The normalized spacial score (nSPS) is 12.8. The highest BCUT2D eigenvalue weighted by Crippen LogP contribution is 2.05. The van der Waals surface area contributed by atoms with Gasteiger partial charge in [-0.25, -0.2) is 0 Å². The highest BCUT2D eigenvalue weighted by atomic mass is 16.5. The van der Waals surface area contributed by atoms with Gasteiger partial charge in [0.25, 0.3) is 0 Å². The molecule has 0 aliphatic heterocycles. The topological polar surface area (TPSA) is 9.23 Å². The number of allylic oxidation sites excluding steroid dienone is 1. The molecule has 0 saturated heterocycles. The van der Waals surface area contributed by atoms with Crippen molar-refractivity contribution in [1.82, 2.24) is 0 Å². The summed E-state index contributed by atoms with van der Waals surface area (Å²) in [7, 11) is 0. The lowest BCUT2D eigenvalue weighted by molar-refractivity contribution is 0.0149. The van der Waals surface area contributed by atoms with Crippen LogP contribution in [-0.4, -0.2) is 12.2 Å². The van der Waals surface area contributed by atoms with Crippen molar-refractivity contribution in [3.05, 3.63) is 12.2 Å². The Balaban J connectivity index is 3.28. The van der Waals surface area contributed by atoms with Crippen LogP contribution in [0, 0.1) is 0 Å². The lowest BCUT2D eigenvalue weighted by atomic mass is 10.2. The molecule has 0 bridgehead atoms. The zero-order valence-corrected chi connectivity index (χ0v) is 7.48. The molecule has 0 N–H and O–H groups in total. The van der Waals surface area contributed by atoms with E-state index in [0.29, 0.717) is 0 Å². The molecule has 0 spiro atoms. The van der Waals surface area contributed by atoms with Crippen molar-refractivity contribution in [2.75, 3.05) is 6.61 Å². The van der Waals surface area contributed by atoms with Gasteiger partial charge < -0.3 is 4.74 Å². The molecule has 0 unspecified atom stereocenters. The molecule has 0 fully saturated rings. The first-order chi connectivity index (χ1) is 4.56. The van der Waals surface area contributed by atoms with Crippen molar-refractivity contribution in [3.63, 3.8) is 0 Å². The van der Waals surface area contributed by atoms with E-state index in [2.05, 4.69) is 39.8 Å². The number of ether oxygens (including phenoxy) is 1. The van der Waals surface area contributed by atoms with Crippen LogP contribution in [-0.2, 0) is 4.74 Å². The zero-order chi connectivity index (χ0) is 8.04. The SMILES string of the molecule is CCC=CCOC(C)(C)C. The van der Waals surface area contributed by atoms with Crippen LogP contribution in [0.5, 0.6) is 0 Å². The lowest BCUT2D eigenvalue weighted by Crippen LogP contribution is -2.18. The van der Waals surface area contributed by atoms with Crippen LogP contribution in [0.1, 0.15) is 34.1 Å². The van der Waals surface area contributed by atoms with Gasteiger partial charge >= 0.3 is 0 Å². The lowest BCUT2D eigenvalue weighted by Gasteiger charge is -2.17. The minimum atomic E-state index is -0.00190. The Bertz CT molecular complexity index is 97.8. The van der Waals surface area contributed by atoms with E-state index in [1.807, 2.05) is 0 Å². The predicted molar refractivity (Wildman–Crippen MR) is 45.1 cm³/mol. The molecule has 1 nitrogen and oxygen atoms in total. The third-order valence-corrected chi connectivity index (χ3v) is 1.01. The van der Waals surface area contributed by atoms with Gasteiger partial charge in [0.2, 0.25) is 0 Å². The Labute approximate surface area is 64.1 Å². The molecule has 0 aromatic carbocycles. The van der Waals surface area contributed by atoms with E-state index in [1.54, 1.807) is 0 Å². The molecule has 0 rings (SSSR count). The van der Waals surface area contributed by atoms with Gasteiger partial charge in [0, 0.05) is 0 Å². The van der Waals surface area contributed by atoms with Crippen LogP contribution < -0.4 is 0 Å². The minimum absolute atomic E-state index is 0.00190. The quantitative estimate of drug-likeness (QED) is 0.550. The molecular weight excluding hydrogens is 124 g/mol. The molecular formula is C9H18O. The molecule has 0 aromatic rings. The maximum absolute atomic E-state index is 5.44. The largest absolute Gasteiger partial charge is 0.372 e. The Morgan fingerprint density at radius 2 is 1.80 bits per heavy atom. The zero-order valence-electron chi connectivity index (χ0n) is 7.48. The molecule has 0 amide bonds. The second-order valence-electron chi connectivity index (χ2n) is 3.30. The summed E-state index contributed by atoms with van der Waals surface area (Å²) >= 11 is 0. The van der Waals surface area contributed by atoms with E-state index in [9.17, 15) is 0 Å². The first-order valence-electron chi connectivity index (χ1n) is 3.85. The molecule has 10 heavy (non-hydrogen) atoms. The van der Waals surface area contributed by atoms with Gasteiger partial charge in [-0.15, -0.1) is 0 Å². The summed E-state index contributed by atoms with van der Waals surface area (Å²) in [6, 6.07) is 0. The second-order valence-corrected chi connectivity index (χ2v) is 3.30. The van der Waals surface area contributed by atoms with Gasteiger partial charge in [-0.3, -0.25) is 0 Å². The van der Waals surface area contributed by atoms with Crippen LogP contribution in [0.15, 0.2) is 12.2 Å². The van der Waals surface area contributed by atoms with E-state index in [1.165, 1.54) is 0 Å². The summed E-state index contributed by atoms with van der Waals surface area (Å²) in [5, 5.41) is 0. The second kappa shape index (κ2) is 4.51. The molecule has 60 valence electrons. The van der Waals surface area contributed by atoms with Gasteiger partial charge in [-0.05, 0) is 27.2 Å². The number of rotatable bonds is 3. The summed E-state index contributed by atoms with van der Waals surface area (Å²) < 4.78 is 5.44. The number of hydrogen-bond acceptors (Lipinski definition) is 1. The van der Waals surface area contributed by atoms with Crippen molar-refractivity contribution in [3.8, 4) is 0 Å². The van der Waals surface area contributed by atoms with Crippen LogP contribution in [0.25, 0.3) is 0 Å². The smallest absolute Gasteiger partial charge is 0.0654 e. The maximum Gasteiger partial charge on any atom is 0.0654 e. The Kier molecular flexibility index (Phi) is 4.37. The highest BCUT2D eigenvalue weighted by Gasteiger charge is 2.07. The monoisotopic (exact) mass is 142 g/mol. The van der Waals surface area contributed by atoms with Crippen molar-refractivity contribution in [1.29, 1.82) is 0 Å². The van der Waals surface area contributed by atoms with Gasteiger partial charge in [0.15, 0.2) is 0 Å². The van der Waals surface area contributed by atoms with Crippen LogP contribution in [0.4, 0.5) is 0 Å². The van der Waals surface area contributed by atoms with Crippen LogP contribution >= 0.6 is 0 Å². The number of hydrogen-bond donors (Lipinski definition) is 0. The van der Waals surface area contributed by atoms with Crippen molar-refractivity contribution in [2.24, 2.45) is 0 Å². The third-order valence-electron chi connectivity index (χ3n) is 1.01. The van der Waals surface area contributed by atoms with E-state index in [-0.39, 0.29) is 5.60 Å². The average Bonchev–Trinajstić information content (AvgIpc) is 1.78. The first kappa shape index (κ1) is 9.70. The summed E-state index contributed by atoms with van der Waals surface area (Å²) in [5.74, 6) is 0. The van der Waals surface area contributed by atoms with Gasteiger partial charge in [0.1, 0.15) is 0 Å². The molecule has 0 heterocycles. The molecule has 0 aromatic heterocycles. The average molecular weight is 142 g/mol. The fourth-order valence-electron chi connectivity index (χ4n) is 0.533. The van der Waals surface area contributed by atoms with Gasteiger partial charge in [-0.1, -0.05) is 19.1 Å². The molecule has 0 saturated carbocycles. The summed E-state index contributed by atoms with van der Waals surface area (Å²) in [6.45, 7) is 9.04. The van der Waals surface area contributed by atoms with Gasteiger partial charge in [-0.2, -0.15) is 0 Å². The Morgan fingerprint density at radius 1 is 1.20 bits per heavy atom. The predicted octanol–water partition coefficient (Wildman–Crippen LogP) is 2.77. The molecule has 0 aliphatic rings. The minimum Gasteiger partial charge on any atom is -0.372 e. The van der Waals surface area contributed by atoms with Crippen molar-refractivity contribution >= 4 is 0 Å². The fourth-order valence-corrected chi connectivity index (χ4v) is 0.533.